The number of carbonyl (C=O) groups excluding carboxylic acids is 1. The number of anilines is 1. The lowest BCUT2D eigenvalue weighted by molar-refractivity contribution is -0.111. The summed E-state index contributed by atoms with van der Waals surface area (Å²) in [4.78, 5) is 12.8. The molecule has 30 heavy (non-hydrogen) atoms. The summed E-state index contributed by atoms with van der Waals surface area (Å²) in [6, 6.07) is 16.0. The Bertz CT molecular complexity index is 1200. The standard InChI is InChI=1S/C22H22N4O3S/c1-23-30(28,29)18-13-10-16(11-14-18)12-15-21(27)24-22-19-8-5-9-20(19)25-26(22)17-6-3-2-4-7-17/h2-4,6-7,10-15,23H,5,8-9H2,1H3,(H,24,27)/b15-12+. The first kappa shape index (κ1) is 20.1. The average Bonchev–Trinajstić information content (AvgIpc) is 3.36. The number of hydrogen-bond donors (Lipinski definition) is 2. The molecule has 1 aliphatic rings. The molecule has 1 aromatic heterocycles. The van der Waals surface area contributed by atoms with Gasteiger partial charge in [-0.25, -0.2) is 17.8 Å². The minimum Gasteiger partial charge on any atom is -0.307 e. The number of aryl methyl sites for hydroxylation is 1. The number of para-hydroxylation sites is 1. The number of carbonyl (C=O) groups is 1. The van der Waals surface area contributed by atoms with Gasteiger partial charge in [0.2, 0.25) is 15.9 Å². The Morgan fingerprint density at radius 2 is 1.80 bits per heavy atom. The number of nitrogens with one attached hydrogen (secondary N) is 2. The topological polar surface area (TPSA) is 93.1 Å². The first-order valence-corrected chi connectivity index (χ1v) is 11.1. The first-order chi connectivity index (χ1) is 14.5. The third-order valence-corrected chi connectivity index (χ3v) is 6.47. The SMILES string of the molecule is CNS(=O)(=O)c1ccc(/C=C/C(=O)Nc2c3c(nn2-c2ccccc2)CCC3)cc1. The lowest BCUT2D eigenvalue weighted by Gasteiger charge is -2.09. The third kappa shape index (κ3) is 4.05. The van der Waals surface area contributed by atoms with E-state index >= 15 is 0 Å². The summed E-state index contributed by atoms with van der Waals surface area (Å²) in [5.74, 6) is 0.438. The van der Waals surface area contributed by atoms with Crippen LogP contribution in [0, 0.1) is 0 Å². The Hall–Kier alpha value is -3.23. The van der Waals surface area contributed by atoms with Gasteiger partial charge in [0.05, 0.1) is 16.3 Å². The number of fused-ring (bicyclic) bond motifs is 1. The van der Waals surface area contributed by atoms with Crippen molar-refractivity contribution >= 4 is 27.8 Å². The molecule has 0 radical (unpaired) electrons. The van der Waals surface area contributed by atoms with Crippen LogP contribution in [0.25, 0.3) is 11.8 Å². The van der Waals surface area contributed by atoms with Gasteiger partial charge in [-0.1, -0.05) is 30.3 Å². The highest BCUT2D eigenvalue weighted by molar-refractivity contribution is 7.89. The van der Waals surface area contributed by atoms with Crippen LogP contribution in [-0.4, -0.2) is 31.2 Å². The Balaban J connectivity index is 1.54. The van der Waals surface area contributed by atoms with Crippen LogP contribution < -0.4 is 10.0 Å². The molecule has 0 unspecified atom stereocenters. The van der Waals surface area contributed by atoms with Crippen molar-refractivity contribution in [3.63, 3.8) is 0 Å². The molecule has 154 valence electrons. The largest absolute Gasteiger partial charge is 0.307 e. The van der Waals surface area contributed by atoms with E-state index in [9.17, 15) is 13.2 Å². The number of rotatable bonds is 6. The minimum atomic E-state index is -3.48. The highest BCUT2D eigenvalue weighted by atomic mass is 32.2. The molecule has 3 aromatic rings. The zero-order chi connectivity index (χ0) is 21.1. The number of aromatic nitrogens is 2. The molecular weight excluding hydrogens is 400 g/mol. The maximum absolute atomic E-state index is 12.6. The highest BCUT2D eigenvalue weighted by Gasteiger charge is 2.23. The lowest BCUT2D eigenvalue weighted by atomic mass is 10.2. The normalized spacial score (nSPS) is 13.5. The van der Waals surface area contributed by atoms with E-state index in [4.69, 9.17) is 0 Å². The summed E-state index contributed by atoms with van der Waals surface area (Å²) in [6.07, 6.45) is 5.92. The molecule has 1 aliphatic carbocycles. The second-order valence-electron chi connectivity index (χ2n) is 6.97. The van der Waals surface area contributed by atoms with Gasteiger partial charge in [-0.15, -0.1) is 0 Å². The molecule has 0 saturated heterocycles. The van der Waals surface area contributed by atoms with Crippen LogP contribution in [0.15, 0.2) is 65.6 Å². The zero-order valence-corrected chi connectivity index (χ0v) is 17.3. The maximum Gasteiger partial charge on any atom is 0.249 e. The van der Waals surface area contributed by atoms with Gasteiger partial charge in [0.15, 0.2) is 0 Å². The summed E-state index contributed by atoms with van der Waals surface area (Å²) in [5.41, 5.74) is 3.73. The van der Waals surface area contributed by atoms with Crippen molar-refractivity contribution in [3.8, 4) is 5.69 Å². The molecule has 7 nitrogen and oxygen atoms in total. The zero-order valence-electron chi connectivity index (χ0n) is 16.5. The van der Waals surface area contributed by atoms with Crippen molar-refractivity contribution in [2.75, 3.05) is 12.4 Å². The van der Waals surface area contributed by atoms with Crippen molar-refractivity contribution < 1.29 is 13.2 Å². The third-order valence-electron chi connectivity index (χ3n) is 5.04. The molecule has 2 aromatic carbocycles. The number of sulfonamides is 1. The van der Waals surface area contributed by atoms with E-state index in [2.05, 4.69) is 15.1 Å². The fraction of sp³-hybridized carbons (Fsp3) is 0.182. The van der Waals surface area contributed by atoms with Gasteiger partial charge < -0.3 is 5.32 Å². The molecule has 0 aliphatic heterocycles. The summed E-state index contributed by atoms with van der Waals surface area (Å²) < 4.78 is 27.7. The fourth-order valence-corrected chi connectivity index (χ4v) is 4.21. The second kappa shape index (κ2) is 8.25. The Kier molecular flexibility index (Phi) is 5.52. The van der Waals surface area contributed by atoms with Gasteiger partial charge in [0, 0.05) is 11.6 Å². The molecule has 1 amide bonds. The van der Waals surface area contributed by atoms with Gasteiger partial charge in [-0.05, 0) is 62.2 Å². The lowest BCUT2D eigenvalue weighted by Crippen LogP contribution is -2.18. The summed E-state index contributed by atoms with van der Waals surface area (Å²) in [6.45, 7) is 0. The molecule has 0 spiro atoms. The summed E-state index contributed by atoms with van der Waals surface area (Å²) in [7, 11) is -2.12. The quantitative estimate of drug-likeness (QED) is 0.598. The van der Waals surface area contributed by atoms with Crippen molar-refractivity contribution in [1.82, 2.24) is 14.5 Å². The molecule has 1 heterocycles. The number of nitrogens with zero attached hydrogens (tertiary/aromatic N) is 2. The van der Waals surface area contributed by atoms with Crippen molar-refractivity contribution in [1.29, 1.82) is 0 Å². The predicted octanol–water partition coefficient (Wildman–Crippen LogP) is 2.92. The fourth-order valence-electron chi connectivity index (χ4n) is 3.48. The second-order valence-corrected chi connectivity index (χ2v) is 8.86. The van der Waals surface area contributed by atoms with Gasteiger partial charge in [-0.3, -0.25) is 4.79 Å². The first-order valence-electron chi connectivity index (χ1n) is 9.67. The van der Waals surface area contributed by atoms with E-state index < -0.39 is 10.0 Å². The highest BCUT2D eigenvalue weighted by Crippen LogP contribution is 2.30. The van der Waals surface area contributed by atoms with Crippen LogP contribution in [0.2, 0.25) is 0 Å². The van der Waals surface area contributed by atoms with E-state index in [1.54, 1.807) is 22.9 Å². The molecular formula is C22H22N4O3S. The van der Waals surface area contributed by atoms with Gasteiger partial charge in [0.25, 0.3) is 0 Å². The average molecular weight is 423 g/mol. The Morgan fingerprint density at radius 1 is 1.07 bits per heavy atom. The molecule has 0 saturated carbocycles. The Morgan fingerprint density at radius 3 is 2.50 bits per heavy atom. The van der Waals surface area contributed by atoms with Gasteiger partial charge in [-0.2, -0.15) is 5.10 Å². The molecule has 2 N–H and O–H groups in total. The molecule has 0 fully saturated rings. The van der Waals surface area contributed by atoms with Gasteiger partial charge >= 0.3 is 0 Å². The monoisotopic (exact) mass is 422 g/mol. The minimum absolute atomic E-state index is 0.175. The Labute approximate surface area is 175 Å². The van der Waals surface area contributed by atoms with Crippen LogP contribution in [0.4, 0.5) is 5.82 Å². The molecule has 0 bridgehead atoms. The van der Waals surface area contributed by atoms with Crippen molar-refractivity contribution in [3.05, 3.63) is 77.5 Å². The van der Waals surface area contributed by atoms with Crippen LogP contribution in [0.5, 0.6) is 0 Å². The van der Waals surface area contributed by atoms with Crippen molar-refractivity contribution in [2.24, 2.45) is 0 Å². The molecule has 8 heteroatoms. The van der Waals surface area contributed by atoms with Crippen LogP contribution in [0.3, 0.4) is 0 Å². The summed E-state index contributed by atoms with van der Waals surface area (Å²) >= 11 is 0. The van der Waals surface area contributed by atoms with Crippen molar-refractivity contribution in [2.45, 2.75) is 24.2 Å². The smallest absolute Gasteiger partial charge is 0.249 e. The van der Waals surface area contributed by atoms with Crippen LogP contribution >= 0.6 is 0 Å². The number of amides is 1. The van der Waals surface area contributed by atoms with E-state index in [-0.39, 0.29) is 10.8 Å². The van der Waals surface area contributed by atoms with E-state index in [1.165, 1.54) is 25.3 Å². The van der Waals surface area contributed by atoms with Crippen LogP contribution in [-0.2, 0) is 27.7 Å². The van der Waals surface area contributed by atoms with Crippen LogP contribution in [0.1, 0.15) is 23.2 Å². The summed E-state index contributed by atoms with van der Waals surface area (Å²) in [5, 5.41) is 7.66. The molecule has 0 atom stereocenters. The predicted molar refractivity (Wildman–Crippen MR) is 116 cm³/mol. The maximum atomic E-state index is 12.6. The molecule has 4 rings (SSSR count). The van der Waals surface area contributed by atoms with E-state index in [1.807, 2.05) is 30.3 Å². The van der Waals surface area contributed by atoms with Gasteiger partial charge in [0.1, 0.15) is 5.82 Å². The van der Waals surface area contributed by atoms with E-state index in [0.29, 0.717) is 5.82 Å². The number of benzene rings is 2. The number of hydrogen-bond acceptors (Lipinski definition) is 4. The van der Waals surface area contributed by atoms with E-state index in [0.717, 1.165) is 41.8 Å².